The summed E-state index contributed by atoms with van der Waals surface area (Å²) in [6.45, 7) is 6.45. The van der Waals surface area contributed by atoms with E-state index in [1.807, 2.05) is 24.3 Å². The maximum Gasteiger partial charge on any atom is 0.255 e. The van der Waals surface area contributed by atoms with Crippen molar-refractivity contribution in [1.82, 2.24) is 0 Å². The number of rotatable bonds is 2. The molecule has 1 amide bonds. The van der Waals surface area contributed by atoms with Crippen molar-refractivity contribution < 1.29 is 4.79 Å². The van der Waals surface area contributed by atoms with Crippen molar-refractivity contribution in [3.8, 4) is 0 Å². The molecule has 5 N–H and O–H groups in total. The molecule has 4 heteroatoms. The Balaban J connectivity index is 2.16. The van der Waals surface area contributed by atoms with Gasteiger partial charge in [0.15, 0.2) is 0 Å². The number of nitrogens with two attached hydrogens (primary N) is 2. The van der Waals surface area contributed by atoms with Gasteiger partial charge in [-0.3, -0.25) is 4.79 Å². The van der Waals surface area contributed by atoms with E-state index in [-0.39, 0.29) is 11.3 Å². The lowest BCUT2D eigenvalue weighted by molar-refractivity contribution is 0.102. The van der Waals surface area contributed by atoms with Gasteiger partial charge in [0.2, 0.25) is 0 Å². The van der Waals surface area contributed by atoms with Gasteiger partial charge in [-0.15, -0.1) is 0 Å². The minimum atomic E-state index is -0.225. The van der Waals surface area contributed by atoms with Crippen molar-refractivity contribution in [2.75, 3.05) is 16.8 Å². The lowest BCUT2D eigenvalue weighted by Crippen LogP contribution is -2.14. The van der Waals surface area contributed by atoms with E-state index in [0.717, 1.165) is 5.69 Å². The van der Waals surface area contributed by atoms with Crippen LogP contribution >= 0.6 is 0 Å². The second-order valence-electron chi connectivity index (χ2n) is 6.17. The summed E-state index contributed by atoms with van der Waals surface area (Å²) < 4.78 is 0. The van der Waals surface area contributed by atoms with Crippen LogP contribution < -0.4 is 16.8 Å². The number of amides is 1. The van der Waals surface area contributed by atoms with E-state index in [9.17, 15) is 4.79 Å². The number of nitrogen functional groups attached to an aromatic ring is 2. The van der Waals surface area contributed by atoms with Crippen molar-refractivity contribution in [2.24, 2.45) is 0 Å². The normalized spacial score (nSPS) is 11.2. The van der Waals surface area contributed by atoms with Crippen LogP contribution in [-0.4, -0.2) is 5.91 Å². The summed E-state index contributed by atoms with van der Waals surface area (Å²) in [5.41, 5.74) is 14.8. The van der Waals surface area contributed by atoms with Crippen molar-refractivity contribution in [1.29, 1.82) is 0 Å². The molecule has 0 aliphatic rings. The van der Waals surface area contributed by atoms with Gasteiger partial charge < -0.3 is 16.8 Å². The van der Waals surface area contributed by atoms with Crippen LogP contribution in [0.5, 0.6) is 0 Å². The second kappa shape index (κ2) is 5.48. The van der Waals surface area contributed by atoms with E-state index >= 15 is 0 Å². The van der Waals surface area contributed by atoms with Gasteiger partial charge in [0, 0.05) is 22.6 Å². The first kappa shape index (κ1) is 14.9. The molecule has 0 saturated heterocycles. The summed E-state index contributed by atoms with van der Waals surface area (Å²) in [4.78, 5) is 12.2. The van der Waals surface area contributed by atoms with Crippen molar-refractivity contribution >= 4 is 23.0 Å². The zero-order valence-electron chi connectivity index (χ0n) is 12.6. The molecule has 4 nitrogen and oxygen atoms in total. The van der Waals surface area contributed by atoms with Crippen LogP contribution in [0.25, 0.3) is 0 Å². The summed E-state index contributed by atoms with van der Waals surface area (Å²) in [5.74, 6) is -0.225. The summed E-state index contributed by atoms with van der Waals surface area (Å²) in [6.07, 6.45) is 0. The third-order valence-electron chi connectivity index (χ3n) is 3.25. The number of benzene rings is 2. The van der Waals surface area contributed by atoms with Crippen LogP contribution in [-0.2, 0) is 5.41 Å². The van der Waals surface area contributed by atoms with Crippen molar-refractivity contribution in [2.45, 2.75) is 26.2 Å². The molecule has 0 fully saturated rings. The van der Waals surface area contributed by atoms with E-state index < -0.39 is 0 Å². The second-order valence-corrected chi connectivity index (χ2v) is 6.17. The third kappa shape index (κ3) is 3.75. The first-order valence-corrected chi connectivity index (χ1v) is 6.83. The van der Waals surface area contributed by atoms with Gasteiger partial charge in [-0.1, -0.05) is 32.9 Å². The molecule has 0 heterocycles. The maximum atomic E-state index is 12.2. The van der Waals surface area contributed by atoms with Crippen LogP contribution in [0.4, 0.5) is 17.1 Å². The van der Waals surface area contributed by atoms with E-state index in [2.05, 4.69) is 26.1 Å². The Morgan fingerprint density at radius 3 is 1.95 bits per heavy atom. The first-order chi connectivity index (χ1) is 9.75. The topological polar surface area (TPSA) is 81.1 Å². The molecule has 0 unspecified atom stereocenters. The summed E-state index contributed by atoms with van der Waals surface area (Å²) >= 11 is 0. The SMILES string of the molecule is CC(C)(C)c1ccc(NC(=O)c2cc(N)cc(N)c2)cc1. The molecule has 0 bridgehead atoms. The molecule has 0 saturated carbocycles. The van der Waals surface area contributed by atoms with Crippen LogP contribution in [0.3, 0.4) is 0 Å². The van der Waals surface area contributed by atoms with E-state index in [0.29, 0.717) is 16.9 Å². The molecule has 0 atom stereocenters. The van der Waals surface area contributed by atoms with Crippen LogP contribution in [0, 0.1) is 0 Å². The van der Waals surface area contributed by atoms with Gasteiger partial charge in [-0.2, -0.15) is 0 Å². The van der Waals surface area contributed by atoms with Crippen LogP contribution in [0.15, 0.2) is 42.5 Å². The molecule has 0 aliphatic heterocycles. The Bertz CT molecular complexity index is 634. The van der Waals surface area contributed by atoms with Crippen molar-refractivity contribution in [3.63, 3.8) is 0 Å². The highest BCUT2D eigenvalue weighted by molar-refractivity contribution is 6.05. The minimum Gasteiger partial charge on any atom is -0.399 e. The highest BCUT2D eigenvalue weighted by Gasteiger charge is 2.13. The maximum absolute atomic E-state index is 12.2. The largest absolute Gasteiger partial charge is 0.399 e. The molecule has 0 spiro atoms. The van der Waals surface area contributed by atoms with Gasteiger partial charge in [-0.05, 0) is 41.3 Å². The molecule has 110 valence electrons. The van der Waals surface area contributed by atoms with E-state index in [1.54, 1.807) is 18.2 Å². The van der Waals surface area contributed by atoms with Crippen molar-refractivity contribution in [3.05, 3.63) is 53.6 Å². The van der Waals surface area contributed by atoms with Gasteiger partial charge in [-0.25, -0.2) is 0 Å². The van der Waals surface area contributed by atoms with Crippen LogP contribution in [0.2, 0.25) is 0 Å². The fraction of sp³-hybridized carbons (Fsp3) is 0.235. The molecular weight excluding hydrogens is 262 g/mol. The Kier molecular flexibility index (Phi) is 3.89. The zero-order chi connectivity index (χ0) is 15.6. The number of carbonyl (C=O) groups is 1. The molecule has 2 aromatic rings. The molecule has 2 rings (SSSR count). The zero-order valence-corrected chi connectivity index (χ0v) is 12.6. The predicted molar refractivity (Wildman–Crippen MR) is 88.4 cm³/mol. The average molecular weight is 283 g/mol. The first-order valence-electron chi connectivity index (χ1n) is 6.83. The molecule has 0 aliphatic carbocycles. The average Bonchev–Trinajstić information content (AvgIpc) is 2.37. The molecule has 0 radical (unpaired) electrons. The number of hydrogen-bond acceptors (Lipinski definition) is 3. The quantitative estimate of drug-likeness (QED) is 0.739. The monoisotopic (exact) mass is 283 g/mol. The van der Waals surface area contributed by atoms with Gasteiger partial charge in [0.1, 0.15) is 0 Å². The third-order valence-corrected chi connectivity index (χ3v) is 3.25. The summed E-state index contributed by atoms with van der Waals surface area (Å²) in [6, 6.07) is 12.7. The number of nitrogens with one attached hydrogen (secondary N) is 1. The van der Waals surface area contributed by atoms with Crippen LogP contribution in [0.1, 0.15) is 36.7 Å². The lowest BCUT2D eigenvalue weighted by Gasteiger charge is -2.19. The Labute approximate surface area is 125 Å². The van der Waals surface area contributed by atoms with Gasteiger partial charge in [0.25, 0.3) is 5.91 Å². The van der Waals surface area contributed by atoms with Gasteiger partial charge >= 0.3 is 0 Å². The fourth-order valence-electron chi connectivity index (χ4n) is 2.06. The lowest BCUT2D eigenvalue weighted by atomic mass is 9.87. The highest BCUT2D eigenvalue weighted by atomic mass is 16.1. The fourth-order valence-corrected chi connectivity index (χ4v) is 2.06. The Morgan fingerprint density at radius 1 is 0.952 bits per heavy atom. The summed E-state index contributed by atoms with van der Waals surface area (Å²) in [7, 11) is 0. The molecular formula is C17H21N3O. The minimum absolute atomic E-state index is 0.0882. The predicted octanol–water partition coefficient (Wildman–Crippen LogP) is 3.40. The van der Waals surface area contributed by atoms with Gasteiger partial charge in [0.05, 0.1) is 0 Å². The van der Waals surface area contributed by atoms with E-state index in [4.69, 9.17) is 11.5 Å². The molecule has 2 aromatic carbocycles. The number of carbonyl (C=O) groups excluding carboxylic acids is 1. The summed E-state index contributed by atoms with van der Waals surface area (Å²) in [5, 5.41) is 2.84. The Hall–Kier alpha value is -2.49. The standard InChI is InChI=1S/C17H21N3O/c1-17(2,3)12-4-6-15(7-5-12)20-16(21)11-8-13(18)10-14(19)9-11/h4-10H,18-19H2,1-3H3,(H,20,21). The number of anilines is 3. The molecule has 21 heavy (non-hydrogen) atoms. The Morgan fingerprint density at radius 2 is 1.48 bits per heavy atom. The smallest absolute Gasteiger partial charge is 0.255 e. The molecule has 0 aromatic heterocycles. The highest BCUT2D eigenvalue weighted by Crippen LogP contribution is 2.24. The van der Waals surface area contributed by atoms with E-state index in [1.165, 1.54) is 5.56 Å². The number of hydrogen-bond donors (Lipinski definition) is 3.